The lowest BCUT2D eigenvalue weighted by Gasteiger charge is -2.38. The van der Waals surface area contributed by atoms with E-state index in [1.807, 2.05) is 19.1 Å². The second-order valence-electron chi connectivity index (χ2n) is 14.6. The maximum absolute atomic E-state index is 17.2. The molecule has 0 unspecified atom stereocenters. The molecule has 270 valence electrons. The molecule has 10 rings (SSSR count). The first-order chi connectivity index (χ1) is 25.6. The molecule has 4 atom stereocenters. The molecule has 12 heteroatoms. The minimum atomic E-state index is -3.59. The highest BCUT2D eigenvalue weighted by molar-refractivity contribution is 6.43. The number of carbonyl (C=O) groups is 1. The molecule has 5 aromatic rings. The molecular formula is C41H34Cl2F3N5O2. The van der Waals surface area contributed by atoms with E-state index < -0.39 is 18.0 Å². The van der Waals surface area contributed by atoms with Gasteiger partial charge >= 0.3 is 6.11 Å². The van der Waals surface area contributed by atoms with Crippen molar-refractivity contribution in [1.82, 2.24) is 19.8 Å². The first kappa shape index (κ1) is 34.4. The molecule has 1 amide bonds. The van der Waals surface area contributed by atoms with Crippen molar-refractivity contribution in [2.24, 2.45) is 11.8 Å². The number of halogens is 5. The van der Waals surface area contributed by atoms with E-state index in [0.29, 0.717) is 33.6 Å². The summed E-state index contributed by atoms with van der Waals surface area (Å²) in [7, 11) is 0. The van der Waals surface area contributed by atoms with Crippen LogP contribution in [0.4, 0.5) is 13.2 Å². The zero-order valence-electron chi connectivity index (χ0n) is 28.7. The number of aromatic nitrogens is 2. The highest BCUT2D eigenvalue weighted by atomic mass is 35.5. The van der Waals surface area contributed by atoms with Gasteiger partial charge in [-0.2, -0.15) is 14.0 Å². The zero-order valence-corrected chi connectivity index (χ0v) is 30.2. The van der Waals surface area contributed by atoms with Gasteiger partial charge in [-0.25, -0.2) is 9.37 Å². The lowest BCUT2D eigenvalue weighted by atomic mass is 9.79. The number of carbonyl (C=O) groups excluding carboxylic acids is 1. The molecule has 0 spiro atoms. The van der Waals surface area contributed by atoms with Crippen LogP contribution in [0.2, 0.25) is 10.0 Å². The highest BCUT2D eigenvalue weighted by Gasteiger charge is 2.50. The fourth-order valence-electron chi connectivity index (χ4n) is 8.55. The molecule has 5 aliphatic rings. The SMILES string of the molecule is Cc1nc2c(F)c(-c3cccc(Cl)c3Cl)c(CCC#N)cc2c2c1cc(C1=C[C@H](OC(F)(F)c3ccccc3)CN1C(=O)C1CC1)n2[C@H]1[C@H]2CN[C@@H]1C2. The topological polar surface area (TPSA) is 83.2 Å². The van der Waals surface area contributed by atoms with Gasteiger partial charge in [-0.05, 0) is 68.4 Å². The number of fused-ring (bicyclic) bond motifs is 4. The summed E-state index contributed by atoms with van der Waals surface area (Å²) < 4.78 is 55.9. The van der Waals surface area contributed by atoms with Crippen molar-refractivity contribution in [3.05, 3.63) is 105 Å². The largest absolute Gasteiger partial charge is 0.383 e. The van der Waals surface area contributed by atoms with Gasteiger partial charge in [0.15, 0.2) is 5.82 Å². The zero-order chi connectivity index (χ0) is 36.8. The number of hydrogen-bond acceptors (Lipinski definition) is 5. The van der Waals surface area contributed by atoms with Crippen molar-refractivity contribution < 1.29 is 22.7 Å². The average molecular weight is 757 g/mol. The number of ether oxygens (including phenoxy) is 1. The van der Waals surface area contributed by atoms with E-state index in [-0.39, 0.29) is 75.9 Å². The molecule has 3 aromatic carbocycles. The van der Waals surface area contributed by atoms with Gasteiger partial charge in [0.2, 0.25) is 5.91 Å². The van der Waals surface area contributed by atoms with Crippen molar-refractivity contribution in [2.45, 2.75) is 63.3 Å². The summed E-state index contributed by atoms with van der Waals surface area (Å²) in [6.45, 7) is 2.56. The van der Waals surface area contributed by atoms with Crippen molar-refractivity contribution >= 4 is 56.6 Å². The molecule has 0 radical (unpaired) electrons. The van der Waals surface area contributed by atoms with Crippen molar-refractivity contribution in [3.8, 4) is 17.2 Å². The molecule has 2 saturated carbocycles. The molecule has 4 fully saturated rings. The predicted molar refractivity (Wildman–Crippen MR) is 198 cm³/mol. The van der Waals surface area contributed by atoms with E-state index >= 15 is 13.2 Å². The first-order valence-electron chi connectivity index (χ1n) is 17.9. The third-order valence-corrected chi connectivity index (χ3v) is 12.1. The van der Waals surface area contributed by atoms with E-state index in [1.54, 1.807) is 35.2 Å². The van der Waals surface area contributed by atoms with Gasteiger partial charge in [-0.15, -0.1) is 0 Å². The van der Waals surface area contributed by atoms with E-state index in [0.717, 1.165) is 36.7 Å². The number of benzene rings is 3. The third-order valence-electron chi connectivity index (χ3n) is 11.3. The third kappa shape index (κ3) is 5.63. The van der Waals surface area contributed by atoms with Crippen LogP contribution in [0.1, 0.15) is 54.2 Å². The fraction of sp³-hybridized carbons (Fsp3) is 0.341. The Morgan fingerprint density at radius 3 is 2.60 bits per heavy atom. The minimum absolute atomic E-state index is 0.0373. The van der Waals surface area contributed by atoms with Gasteiger partial charge in [-0.3, -0.25) is 4.79 Å². The summed E-state index contributed by atoms with van der Waals surface area (Å²) >= 11 is 13.0. The van der Waals surface area contributed by atoms with Crippen LogP contribution >= 0.6 is 23.2 Å². The lowest BCUT2D eigenvalue weighted by Crippen LogP contribution is -2.40. The molecule has 53 heavy (non-hydrogen) atoms. The van der Waals surface area contributed by atoms with Crippen molar-refractivity contribution in [1.29, 1.82) is 5.26 Å². The number of nitrogens with zero attached hydrogens (tertiary/aromatic N) is 4. The summed E-state index contributed by atoms with van der Waals surface area (Å²) in [6.07, 6.45) is -0.194. The maximum Gasteiger partial charge on any atom is 0.383 e. The highest BCUT2D eigenvalue weighted by Crippen LogP contribution is 2.51. The number of nitrogens with one attached hydrogen (secondary N) is 1. The number of rotatable bonds is 9. The predicted octanol–water partition coefficient (Wildman–Crippen LogP) is 9.33. The van der Waals surface area contributed by atoms with Gasteiger partial charge < -0.3 is 19.5 Å². The summed E-state index contributed by atoms with van der Waals surface area (Å²) in [4.78, 5) is 20.3. The summed E-state index contributed by atoms with van der Waals surface area (Å²) in [5.41, 5.74) is 3.59. The van der Waals surface area contributed by atoms with Crippen LogP contribution < -0.4 is 5.32 Å². The molecule has 2 aliphatic carbocycles. The molecule has 2 aromatic heterocycles. The maximum atomic E-state index is 17.2. The van der Waals surface area contributed by atoms with Gasteiger partial charge in [-0.1, -0.05) is 65.7 Å². The number of nitriles is 1. The molecule has 2 bridgehead atoms. The van der Waals surface area contributed by atoms with Crippen LogP contribution in [0.5, 0.6) is 0 Å². The van der Waals surface area contributed by atoms with E-state index in [1.165, 1.54) is 24.3 Å². The van der Waals surface area contributed by atoms with Crippen molar-refractivity contribution in [2.75, 3.05) is 13.1 Å². The van der Waals surface area contributed by atoms with E-state index in [4.69, 9.17) is 32.9 Å². The Hall–Kier alpha value is -4.40. The van der Waals surface area contributed by atoms with Gasteiger partial charge in [0.25, 0.3) is 0 Å². The van der Waals surface area contributed by atoms with Crippen LogP contribution in [0, 0.1) is 35.9 Å². The molecule has 5 heterocycles. The summed E-state index contributed by atoms with van der Waals surface area (Å²) in [5.74, 6) is -0.599. The average Bonchev–Trinajstić information content (AvgIpc) is 3.43. The molecular weight excluding hydrogens is 722 g/mol. The lowest BCUT2D eigenvalue weighted by molar-refractivity contribution is -0.263. The normalized spacial score (nSPS) is 22.4. The Balaban J connectivity index is 1.27. The van der Waals surface area contributed by atoms with Crippen LogP contribution in [-0.2, 0) is 22.1 Å². The quantitative estimate of drug-likeness (QED) is 0.162. The van der Waals surface area contributed by atoms with Crippen LogP contribution in [0.3, 0.4) is 0 Å². The standard InChI is InChI=1S/C41H34Cl2F3N5O2/c1-21-28-18-33(32-17-26(20-50(32)40(52)22-12-13-22)53-41(45,46)25-8-3-2-4-9-25)51(38-24-16-31(38)48-19-24)39(28)29-15-23(7-6-14-47)34(36(44)37(29)49-21)27-10-5-11-30(42)35(27)43/h2-5,8-11,15,17-18,22,24,26,31,38,48H,6-7,12-13,16,19-20H2,1H3/t24-,26+,31-,38+/m1/s1. The Labute approximate surface area is 313 Å². The Morgan fingerprint density at radius 2 is 1.91 bits per heavy atom. The monoisotopic (exact) mass is 755 g/mol. The smallest absolute Gasteiger partial charge is 0.334 e. The first-order valence-corrected chi connectivity index (χ1v) is 18.7. The second kappa shape index (κ2) is 12.9. The summed E-state index contributed by atoms with van der Waals surface area (Å²) in [6, 6.07) is 18.6. The number of amides is 1. The van der Waals surface area contributed by atoms with Crippen LogP contribution in [0.15, 0.2) is 66.7 Å². The van der Waals surface area contributed by atoms with Gasteiger partial charge in [0, 0.05) is 52.5 Å². The van der Waals surface area contributed by atoms with Gasteiger partial charge in [0.05, 0.1) is 51.2 Å². The van der Waals surface area contributed by atoms with Crippen molar-refractivity contribution in [3.63, 3.8) is 0 Å². The van der Waals surface area contributed by atoms with Gasteiger partial charge in [0.1, 0.15) is 11.6 Å². The molecule has 7 nitrogen and oxygen atoms in total. The Kier molecular flexibility index (Phi) is 8.35. The van der Waals surface area contributed by atoms with Crippen LogP contribution in [-0.4, -0.2) is 45.6 Å². The Bertz CT molecular complexity index is 2390. The van der Waals surface area contributed by atoms with E-state index in [9.17, 15) is 10.1 Å². The molecule has 3 aliphatic heterocycles. The number of pyridine rings is 1. The van der Waals surface area contributed by atoms with Crippen LogP contribution in [0.25, 0.3) is 38.6 Å². The number of aryl methyl sites for hydroxylation is 2. The molecule has 2 saturated heterocycles. The number of alkyl halides is 2. The second-order valence-corrected chi connectivity index (χ2v) is 15.3. The van der Waals surface area contributed by atoms with E-state index in [2.05, 4.69) is 16.0 Å². The molecule has 1 N–H and O–H groups in total. The summed E-state index contributed by atoms with van der Waals surface area (Å²) in [5, 5.41) is 15.0. The minimum Gasteiger partial charge on any atom is -0.334 e. The number of hydrogen-bond donors (Lipinski definition) is 1. The fourth-order valence-corrected chi connectivity index (χ4v) is 8.94. The Morgan fingerprint density at radius 1 is 1.11 bits per heavy atom.